The van der Waals surface area contributed by atoms with Gasteiger partial charge in [0.25, 0.3) is 0 Å². The van der Waals surface area contributed by atoms with E-state index in [0.717, 1.165) is 65.5 Å². The summed E-state index contributed by atoms with van der Waals surface area (Å²) >= 11 is 1.69. The molecule has 1 N–H and O–H groups in total. The van der Waals surface area contributed by atoms with Gasteiger partial charge in [0.15, 0.2) is 0 Å². The molecule has 1 atom stereocenters. The minimum atomic E-state index is 0.0710. The highest BCUT2D eigenvalue weighted by Crippen LogP contribution is 2.41. The summed E-state index contributed by atoms with van der Waals surface area (Å²) in [5, 5.41) is 4.24. The average Bonchev–Trinajstić information content (AvgIpc) is 3.61. The second-order valence-electron chi connectivity index (χ2n) is 9.39. The summed E-state index contributed by atoms with van der Waals surface area (Å²) in [6.07, 6.45) is 6.16. The molecule has 1 unspecified atom stereocenters. The van der Waals surface area contributed by atoms with E-state index in [1.807, 2.05) is 37.9 Å². The topological polar surface area (TPSA) is 54.5 Å². The van der Waals surface area contributed by atoms with Crippen LogP contribution in [0, 0.1) is 11.8 Å². The zero-order chi connectivity index (χ0) is 24.4. The van der Waals surface area contributed by atoms with Gasteiger partial charge in [0.05, 0.1) is 22.6 Å². The van der Waals surface area contributed by atoms with E-state index in [1.54, 1.807) is 11.3 Å². The molecule has 0 spiro atoms. The first-order valence-corrected chi connectivity index (χ1v) is 13.2. The number of amides is 2. The monoisotopic (exact) mass is 485 g/mol. The van der Waals surface area contributed by atoms with Crippen molar-refractivity contribution in [2.24, 2.45) is 0 Å². The number of hydrogen-bond acceptors (Lipinski definition) is 4. The van der Waals surface area contributed by atoms with Gasteiger partial charge < -0.3 is 15.0 Å². The highest BCUT2D eigenvalue weighted by molar-refractivity contribution is 7.18. The van der Waals surface area contributed by atoms with Crippen LogP contribution in [0.5, 0.6) is 5.75 Å². The van der Waals surface area contributed by atoms with Crippen LogP contribution in [-0.2, 0) is 6.42 Å². The van der Waals surface area contributed by atoms with E-state index in [1.165, 1.54) is 16.7 Å². The van der Waals surface area contributed by atoms with Crippen LogP contribution >= 0.6 is 11.3 Å². The molecule has 2 amide bonds. The molecule has 180 valence electrons. The Bertz CT molecular complexity index is 1290. The van der Waals surface area contributed by atoms with Crippen LogP contribution in [0.15, 0.2) is 42.6 Å². The summed E-state index contributed by atoms with van der Waals surface area (Å²) in [4.78, 5) is 20.5. The molecule has 1 saturated heterocycles. The second kappa shape index (κ2) is 10.1. The molecule has 35 heavy (non-hydrogen) atoms. The van der Waals surface area contributed by atoms with Crippen molar-refractivity contribution < 1.29 is 9.53 Å². The third-order valence-electron chi connectivity index (χ3n) is 6.58. The molecule has 2 aliphatic rings. The predicted molar refractivity (Wildman–Crippen MR) is 142 cm³/mol. The van der Waals surface area contributed by atoms with E-state index in [9.17, 15) is 4.79 Å². The Balaban J connectivity index is 1.40. The summed E-state index contributed by atoms with van der Waals surface area (Å²) < 4.78 is 5.93. The number of nitrogens with zero attached hydrogens (tertiary/aromatic N) is 2. The number of likely N-dealkylation sites (tertiary alicyclic amines) is 1. The number of ether oxygens (including phenoxy) is 1. The number of carbonyl (C=O) groups is 1. The van der Waals surface area contributed by atoms with Gasteiger partial charge in [-0.2, -0.15) is 0 Å². The van der Waals surface area contributed by atoms with Crippen molar-refractivity contribution in [1.29, 1.82) is 0 Å². The Kier molecular flexibility index (Phi) is 6.79. The Morgan fingerprint density at radius 2 is 2.06 bits per heavy atom. The number of rotatable bonds is 5. The maximum Gasteiger partial charge on any atom is 0.317 e. The Hall–Kier alpha value is -3.30. The summed E-state index contributed by atoms with van der Waals surface area (Å²) in [5.74, 6) is 6.96. The average molecular weight is 486 g/mol. The zero-order valence-electron chi connectivity index (χ0n) is 20.6. The molecule has 5 rings (SSSR count). The molecule has 6 heteroatoms. The minimum absolute atomic E-state index is 0.0710. The van der Waals surface area contributed by atoms with E-state index in [0.29, 0.717) is 0 Å². The van der Waals surface area contributed by atoms with Crippen molar-refractivity contribution in [2.75, 3.05) is 13.1 Å². The zero-order valence-corrected chi connectivity index (χ0v) is 21.4. The first-order chi connectivity index (χ1) is 17.0. The lowest BCUT2D eigenvalue weighted by atomic mass is 10.0. The van der Waals surface area contributed by atoms with Crippen LogP contribution in [0.4, 0.5) is 4.79 Å². The van der Waals surface area contributed by atoms with Crippen LogP contribution in [0.25, 0.3) is 21.0 Å². The van der Waals surface area contributed by atoms with Gasteiger partial charge >= 0.3 is 6.03 Å². The van der Waals surface area contributed by atoms with Gasteiger partial charge in [-0.15, -0.1) is 17.3 Å². The fraction of sp³-hybridized carbons (Fsp3) is 0.379. The van der Waals surface area contributed by atoms with Crippen LogP contribution in [0.3, 0.4) is 0 Å². The quantitative estimate of drug-likeness (QED) is 0.424. The van der Waals surface area contributed by atoms with Crippen molar-refractivity contribution in [2.45, 2.75) is 58.6 Å². The highest BCUT2D eigenvalue weighted by atomic mass is 32.1. The normalized spacial score (nSPS) is 16.7. The fourth-order valence-electron chi connectivity index (χ4n) is 4.98. The van der Waals surface area contributed by atoms with Crippen LogP contribution in [-0.4, -0.2) is 35.1 Å². The van der Waals surface area contributed by atoms with Crippen LogP contribution < -0.4 is 10.1 Å². The van der Waals surface area contributed by atoms with Crippen molar-refractivity contribution in [1.82, 2.24) is 15.2 Å². The van der Waals surface area contributed by atoms with Gasteiger partial charge in [-0.05, 0) is 81.3 Å². The lowest BCUT2D eigenvalue weighted by molar-refractivity contribution is 0.204. The van der Waals surface area contributed by atoms with Crippen molar-refractivity contribution in [3.05, 3.63) is 59.3 Å². The van der Waals surface area contributed by atoms with E-state index in [2.05, 4.69) is 47.5 Å². The van der Waals surface area contributed by atoms with Crippen molar-refractivity contribution >= 4 is 17.4 Å². The summed E-state index contributed by atoms with van der Waals surface area (Å²) in [5.41, 5.74) is 5.71. The van der Waals surface area contributed by atoms with Gasteiger partial charge in [0.1, 0.15) is 10.8 Å². The number of benzene rings is 2. The molecule has 0 saturated carbocycles. The SMILES string of the molecule is CC#Cc1cc(-c2ncc(-c3cccc4c3CCC4NC(=O)N3CCCC3)s2)ccc1OC(C)C. The molecule has 5 nitrogen and oxygen atoms in total. The third-order valence-corrected chi connectivity index (χ3v) is 7.66. The van der Waals surface area contributed by atoms with Gasteiger partial charge in [-0.25, -0.2) is 9.78 Å². The molecule has 1 aliphatic heterocycles. The summed E-state index contributed by atoms with van der Waals surface area (Å²) in [6, 6.07) is 12.7. The molecule has 3 aromatic rings. The molecule has 2 heterocycles. The standard InChI is InChI=1S/C29H31N3O2S/c1-4-8-20-17-21(11-14-26(20)34-19(2)3)28-30-18-27(35-28)24-10-7-9-23-22(24)12-13-25(23)31-29(33)32-15-5-6-16-32/h7,9-11,14,17-19,25H,5-6,12-13,15-16H2,1-3H3,(H,31,33). The maximum atomic E-state index is 12.7. The molecule has 0 bridgehead atoms. The van der Waals surface area contributed by atoms with Gasteiger partial charge in [-0.3, -0.25) is 0 Å². The van der Waals surface area contributed by atoms with Gasteiger partial charge in [-0.1, -0.05) is 24.1 Å². The van der Waals surface area contributed by atoms with Crippen molar-refractivity contribution in [3.8, 4) is 38.6 Å². The smallest absolute Gasteiger partial charge is 0.317 e. The highest BCUT2D eigenvalue weighted by Gasteiger charge is 2.29. The second-order valence-corrected chi connectivity index (χ2v) is 10.4. The number of nitrogens with one attached hydrogen (secondary N) is 1. The molecular formula is C29H31N3O2S. The predicted octanol–water partition coefficient (Wildman–Crippen LogP) is 6.43. The molecule has 1 aromatic heterocycles. The van der Waals surface area contributed by atoms with E-state index >= 15 is 0 Å². The first kappa shape index (κ1) is 23.4. The fourth-order valence-corrected chi connectivity index (χ4v) is 5.94. The Labute approximate surface area is 211 Å². The number of aromatic nitrogens is 1. The Morgan fingerprint density at radius 1 is 1.23 bits per heavy atom. The van der Waals surface area contributed by atoms with E-state index in [-0.39, 0.29) is 18.2 Å². The number of hydrogen-bond donors (Lipinski definition) is 1. The molecule has 2 aromatic carbocycles. The molecule has 1 fully saturated rings. The largest absolute Gasteiger partial charge is 0.490 e. The van der Waals surface area contributed by atoms with Crippen molar-refractivity contribution in [3.63, 3.8) is 0 Å². The van der Waals surface area contributed by atoms with E-state index < -0.39 is 0 Å². The summed E-state index contributed by atoms with van der Waals surface area (Å²) in [6.45, 7) is 7.61. The first-order valence-electron chi connectivity index (χ1n) is 12.4. The summed E-state index contributed by atoms with van der Waals surface area (Å²) in [7, 11) is 0. The molecule has 1 aliphatic carbocycles. The van der Waals surface area contributed by atoms with Crippen LogP contribution in [0.1, 0.15) is 62.8 Å². The number of thiazole rings is 1. The lowest BCUT2D eigenvalue weighted by Gasteiger charge is -2.21. The van der Waals surface area contributed by atoms with E-state index in [4.69, 9.17) is 9.72 Å². The lowest BCUT2D eigenvalue weighted by Crippen LogP contribution is -2.39. The molecular weight excluding hydrogens is 454 g/mol. The van der Waals surface area contributed by atoms with Crippen LogP contribution in [0.2, 0.25) is 0 Å². The molecule has 0 radical (unpaired) electrons. The number of carbonyl (C=O) groups excluding carboxylic acids is 1. The Morgan fingerprint density at radius 3 is 2.83 bits per heavy atom. The number of fused-ring (bicyclic) bond motifs is 1. The van der Waals surface area contributed by atoms with Gasteiger partial charge in [0, 0.05) is 24.8 Å². The minimum Gasteiger partial charge on any atom is -0.490 e. The number of urea groups is 1. The maximum absolute atomic E-state index is 12.7. The van der Waals surface area contributed by atoms with Gasteiger partial charge in [0.2, 0.25) is 0 Å². The third kappa shape index (κ3) is 4.92.